The van der Waals surface area contributed by atoms with Crippen molar-refractivity contribution in [3.8, 4) is 0 Å². The van der Waals surface area contributed by atoms with Crippen molar-refractivity contribution >= 4 is 29.6 Å². The van der Waals surface area contributed by atoms with Crippen LogP contribution < -0.4 is 0 Å². The zero-order chi connectivity index (χ0) is 12.0. The zero-order valence-corrected chi connectivity index (χ0v) is 12.0. The molecule has 0 bridgehead atoms. The van der Waals surface area contributed by atoms with Crippen LogP contribution in [0.3, 0.4) is 0 Å². The highest BCUT2D eigenvalue weighted by atomic mass is 32.2. The van der Waals surface area contributed by atoms with Crippen LogP contribution in [0.25, 0.3) is 6.08 Å². The number of rotatable bonds is 4. The summed E-state index contributed by atoms with van der Waals surface area (Å²) in [5.41, 5.74) is 1.31. The Bertz CT molecular complexity index is 350. The van der Waals surface area contributed by atoms with Crippen molar-refractivity contribution in [1.29, 1.82) is 0 Å². The Morgan fingerprint density at radius 3 is 2.59 bits per heavy atom. The van der Waals surface area contributed by atoms with E-state index in [1.165, 1.54) is 36.3 Å². The number of hydrogen-bond donors (Lipinski definition) is 0. The van der Waals surface area contributed by atoms with E-state index >= 15 is 0 Å². The predicted molar refractivity (Wildman–Crippen MR) is 82.6 cm³/mol. The number of thioether (sulfide) groups is 2. The van der Waals surface area contributed by atoms with Crippen molar-refractivity contribution in [2.45, 2.75) is 30.3 Å². The molecule has 1 aromatic carbocycles. The minimum atomic E-state index is 0.458. The molecule has 1 fully saturated rings. The first-order chi connectivity index (χ1) is 8.29. The Morgan fingerprint density at radius 2 is 1.88 bits per heavy atom. The molecule has 1 heterocycles. The first kappa shape index (κ1) is 13.1. The van der Waals surface area contributed by atoms with Crippen LogP contribution in [0.2, 0.25) is 0 Å². The molecule has 0 nitrogen and oxygen atoms in total. The van der Waals surface area contributed by atoms with E-state index < -0.39 is 0 Å². The van der Waals surface area contributed by atoms with Crippen LogP contribution in [-0.2, 0) is 0 Å². The molecule has 0 saturated carbocycles. The summed E-state index contributed by atoms with van der Waals surface area (Å²) in [6, 6.07) is 10.6. The van der Waals surface area contributed by atoms with Crippen molar-refractivity contribution < 1.29 is 0 Å². The maximum atomic E-state index is 2.40. The summed E-state index contributed by atoms with van der Waals surface area (Å²) in [5.74, 6) is 2.68. The third-order valence-corrected chi connectivity index (χ3v) is 6.30. The van der Waals surface area contributed by atoms with Gasteiger partial charge in [0.1, 0.15) is 0 Å². The van der Waals surface area contributed by atoms with E-state index in [0.717, 1.165) is 0 Å². The van der Waals surface area contributed by atoms with E-state index in [1.54, 1.807) is 0 Å². The third kappa shape index (κ3) is 4.44. The number of hydrogen-bond acceptors (Lipinski definition) is 2. The average Bonchev–Trinajstić information content (AvgIpc) is 2.37. The van der Waals surface area contributed by atoms with Crippen molar-refractivity contribution in [2.24, 2.45) is 0 Å². The lowest BCUT2D eigenvalue weighted by molar-refractivity contribution is 0.776. The van der Waals surface area contributed by atoms with E-state index in [1.807, 2.05) is 0 Å². The Hall–Kier alpha value is -0.340. The molecule has 0 atom stereocenters. The molecular weight excluding hydrogens is 244 g/mol. The highest BCUT2D eigenvalue weighted by molar-refractivity contribution is 8.18. The van der Waals surface area contributed by atoms with Crippen molar-refractivity contribution in [2.75, 3.05) is 11.5 Å². The normalized spacial score (nSPS) is 19.6. The molecular formula is C15H20S2. The van der Waals surface area contributed by atoms with Crippen molar-refractivity contribution in [3.05, 3.63) is 42.0 Å². The van der Waals surface area contributed by atoms with Crippen LogP contribution in [-0.4, -0.2) is 15.6 Å². The molecule has 17 heavy (non-hydrogen) atoms. The van der Waals surface area contributed by atoms with E-state index in [9.17, 15) is 0 Å². The van der Waals surface area contributed by atoms with Gasteiger partial charge in [-0.3, -0.25) is 0 Å². The van der Waals surface area contributed by atoms with Gasteiger partial charge in [-0.15, -0.1) is 23.5 Å². The lowest BCUT2D eigenvalue weighted by Gasteiger charge is -2.32. The van der Waals surface area contributed by atoms with Gasteiger partial charge in [0.15, 0.2) is 0 Å². The molecule has 0 aromatic heterocycles. The van der Waals surface area contributed by atoms with Crippen LogP contribution in [0, 0.1) is 0 Å². The van der Waals surface area contributed by atoms with Gasteiger partial charge in [0, 0.05) is 0 Å². The Balaban J connectivity index is 1.77. The van der Waals surface area contributed by atoms with Gasteiger partial charge in [-0.05, 0) is 43.3 Å². The Morgan fingerprint density at radius 1 is 1.18 bits per heavy atom. The summed E-state index contributed by atoms with van der Waals surface area (Å²) in [7, 11) is 0. The summed E-state index contributed by atoms with van der Waals surface area (Å²) in [4.78, 5) is 0. The lowest BCUT2D eigenvalue weighted by atomic mass is 10.1. The van der Waals surface area contributed by atoms with Gasteiger partial charge in [-0.1, -0.05) is 42.5 Å². The smallest absolute Gasteiger partial charge is 0.0586 e. The van der Waals surface area contributed by atoms with Gasteiger partial charge in [0.2, 0.25) is 0 Å². The fourth-order valence-corrected chi connectivity index (χ4v) is 4.93. The Kier molecular flexibility index (Phi) is 5.05. The SMILES string of the molecule is CC1(CC/C=C\c2ccccc2)SCCCS1. The fourth-order valence-electron chi connectivity index (χ4n) is 1.95. The second kappa shape index (κ2) is 6.55. The zero-order valence-electron chi connectivity index (χ0n) is 10.4. The number of benzene rings is 1. The van der Waals surface area contributed by atoms with Gasteiger partial charge >= 0.3 is 0 Å². The topological polar surface area (TPSA) is 0 Å². The molecule has 1 aromatic rings. The third-order valence-electron chi connectivity index (χ3n) is 2.98. The second-order valence-corrected chi connectivity index (χ2v) is 7.99. The minimum Gasteiger partial charge on any atom is -0.144 e. The highest BCUT2D eigenvalue weighted by Gasteiger charge is 2.26. The number of allylic oxidation sites excluding steroid dienone is 1. The van der Waals surface area contributed by atoms with Crippen LogP contribution in [0.1, 0.15) is 31.7 Å². The summed E-state index contributed by atoms with van der Waals surface area (Å²) in [6.45, 7) is 2.40. The van der Waals surface area contributed by atoms with Crippen molar-refractivity contribution in [3.63, 3.8) is 0 Å². The first-order valence-corrected chi connectivity index (χ1v) is 8.25. The van der Waals surface area contributed by atoms with E-state index in [0.29, 0.717) is 4.08 Å². The van der Waals surface area contributed by atoms with Gasteiger partial charge in [-0.25, -0.2) is 0 Å². The second-order valence-electron chi connectivity index (χ2n) is 4.54. The van der Waals surface area contributed by atoms with Gasteiger partial charge in [0.05, 0.1) is 4.08 Å². The molecule has 0 unspecified atom stereocenters. The van der Waals surface area contributed by atoms with Crippen LogP contribution >= 0.6 is 23.5 Å². The maximum absolute atomic E-state index is 2.40. The molecule has 0 radical (unpaired) electrons. The lowest BCUT2D eigenvalue weighted by Crippen LogP contribution is -2.20. The largest absolute Gasteiger partial charge is 0.144 e. The average molecular weight is 264 g/mol. The molecule has 1 aliphatic heterocycles. The van der Waals surface area contributed by atoms with E-state index in [2.05, 4.69) is 72.9 Å². The van der Waals surface area contributed by atoms with E-state index in [-0.39, 0.29) is 0 Å². The summed E-state index contributed by atoms with van der Waals surface area (Å²) in [6.07, 6.45) is 8.40. The molecule has 0 aliphatic carbocycles. The van der Waals surface area contributed by atoms with Crippen LogP contribution in [0.5, 0.6) is 0 Å². The summed E-state index contributed by atoms with van der Waals surface area (Å²) < 4.78 is 0.458. The maximum Gasteiger partial charge on any atom is 0.0586 e. The quantitative estimate of drug-likeness (QED) is 0.745. The van der Waals surface area contributed by atoms with Gasteiger partial charge in [-0.2, -0.15) is 0 Å². The fraction of sp³-hybridized carbons (Fsp3) is 0.467. The highest BCUT2D eigenvalue weighted by Crippen LogP contribution is 2.44. The van der Waals surface area contributed by atoms with Gasteiger partial charge < -0.3 is 0 Å². The summed E-state index contributed by atoms with van der Waals surface area (Å²) >= 11 is 4.28. The molecule has 92 valence electrons. The Labute approximate surface area is 113 Å². The summed E-state index contributed by atoms with van der Waals surface area (Å²) in [5, 5.41) is 0. The predicted octanol–water partition coefficient (Wildman–Crippen LogP) is 5.07. The standard InChI is InChI=1S/C15H20S2/c1-15(16-12-7-13-17-15)11-6-5-10-14-8-3-2-4-9-14/h2-5,8-10H,6-7,11-13H2,1H3/b10-5-. The minimum absolute atomic E-state index is 0.458. The van der Waals surface area contributed by atoms with Gasteiger partial charge in [0.25, 0.3) is 0 Å². The molecule has 0 spiro atoms. The molecule has 2 heteroatoms. The monoisotopic (exact) mass is 264 g/mol. The van der Waals surface area contributed by atoms with Crippen molar-refractivity contribution in [1.82, 2.24) is 0 Å². The molecule has 1 aliphatic rings. The van der Waals surface area contributed by atoms with Crippen LogP contribution in [0.4, 0.5) is 0 Å². The van der Waals surface area contributed by atoms with E-state index in [4.69, 9.17) is 0 Å². The molecule has 1 saturated heterocycles. The van der Waals surface area contributed by atoms with Crippen LogP contribution in [0.15, 0.2) is 36.4 Å². The molecule has 0 N–H and O–H groups in total. The first-order valence-electron chi connectivity index (χ1n) is 6.28. The molecule has 0 amide bonds. The molecule has 2 rings (SSSR count).